The molecule has 0 saturated carbocycles. The lowest BCUT2D eigenvalue weighted by Gasteiger charge is -2.27. The average Bonchev–Trinajstić information content (AvgIpc) is 3.26. The van der Waals surface area contributed by atoms with E-state index in [1.54, 1.807) is 41.8 Å². The van der Waals surface area contributed by atoms with Gasteiger partial charge in [-0.3, -0.25) is 4.72 Å². The molecule has 0 radical (unpaired) electrons. The summed E-state index contributed by atoms with van der Waals surface area (Å²) in [5.41, 5.74) is 2.16. The second-order valence-corrected chi connectivity index (χ2v) is 9.39. The molecule has 0 unspecified atom stereocenters. The van der Waals surface area contributed by atoms with Gasteiger partial charge in [0.1, 0.15) is 10.0 Å². The summed E-state index contributed by atoms with van der Waals surface area (Å²) in [6.45, 7) is 4.80. The summed E-state index contributed by atoms with van der Waals surface area (Å²) in [6, 6.07) is 12.2. The fraction of sp³-hybridized carbons (Fsp3) is 0.263. The highest BCUT2D eigenvalue weighted by molar-refractivity contribution is 7.94. The van der Waals surface area contributed by atoms with E-state index in [0.29, 0.717) is 30.7 Å². The van der Waals surface area contributed by atoms with Crippen LogP contribution < -0.4 is 14.9 Å². The number of rotatable bonds is 6. The smallest absolute Gasteiger partial charge is 0.271 e. The molecule has 1 aliphatic heterocycles. The van der Waals surface area contributed by atoms with Crippen molar-refractivity contribution < 1.29 is 13.2 Å². The van der Waals surface area contributed by atoms with Gasteiger partial charge in [0.15, 0.2) is 0 Å². The van der Waals surface area contributed by atoms with Gasteiger partial charge in [-0.15, -0.1) is 11.3 Å². The Bertz CT molecular complexity index is 1060. The number of benzene rings is 1. The molecule has 3 heterocycles. The molecule has 1 aromatic carbocycles. The zero-order chi connectivity index (χ0) is 20.3. The first-order chi connectivity index (χ1) is 14.0. The maximum Gasteiger partial charge on any atom is 0.271 e. The van der Waals surface area contributed by atoms with E-state index in [-0.39, 0.29) is 4.21 Å². The van der Waals surface area contributed by atoms with Crippen molar-refractivity contribution in [3.63, 3.8) is 0 Å². The number of aryl methyl sites for hydroxylation is 1. The lowest BCUT2D eigenvalue weighted by molar-refractivity contribution is 0.122. The molecule has 1 saturated heterocycles. The van der Waals surface area contributed by atoms with Crippen LogP contribution in [0.3, 0.4) is 0 Å². The van der Waals surface area contributed by atoms with Crippen molar-refractivity contribution in [2.75, 3.05) is 41.2 Å². The summed E-state index contributed by atoms with van der Waals surface area (Å²) >= 11 is 1.18. The maximum atomic E-state index is 12.3. The Hall–Kier alpha value is -2.69. The molecule has 29 heavy (non-hydrogen) atoms. The number of sulfonamides is 1. The fourth-order valence-electron chi connectivity index (χ4n) is 2.91. The van der Waals surface area contributed by atoms with E-state index in [9.17, 15) is 8.42 Å². The number of morpholine rings is 1. The second-order valence-electron chi connectivity index (χ2n) is 6.53. The third-order valence-corrected chi connectivity index (χ3v) is 7.08. The number of ether oxygens (including phenoxy) is 1. The van der Waals surface area contributed by atoms with Gasteiger partial charge in [0.2, 0.25) is 5.95 Å². The summed E-state index contributed by atoms with van der Waals surface area (Å²) < 4.78 is 32.9. The summed E-state index contributed by atoms with van der Waals surface area (Å²) in [7, 11) is -3.55. The lowest BCUT2D eigenvalue weighted by Crippen LogP contribution is -2.37. The van der Waals surface area contributed by atoms with Crippen LogP contribution in [0.2, 0.25) is 0 Å². The highest BCUT2D eigenvalue weighted by atomic mass is 32.2. The SMILES string of the molecule is Cc1cc(Nc2ccc(NS(=O)(=O)c3cccs3)cc2)nc(N2CCOCC2)n1. The highest BCUT2D eigenvalue weighted by Crippen LogP contribution is 2.23. The number of aromatic nitrogens is 2. The first-order valence-corrected chi connectivity index (χ1v) is 11.5. The highest BCUT2D eigenvalue weighted by Gasteiger charge is 2.16. The summed E-state index contributed by atoms with van der Waals surface area (Å²) in [4.78, 5) is 11.2. The zero-order valence-corrected chi connectivity index (χ0v) is 17.5. The number of hydrogen-bond donors (Lipinski definition) is 2. The van der Waals surface area contributed by atoms with Crippen molar-refractivity contribution >= 4 is 44.5 Å². The average molecular weight is 432 g/mol. The molecular weight excluding hydrogens is 410 g/mol. The van der Waals surface area contributed by atoms with E-state index < -0.39 is 10.0 Å². The molecule has 0 aliphatic carbocycles. The number of anilines is 4. The van der Waals surface area contributed by atoms with Crippen LogP contribution in [0.1, 0.15) is 5.69 Å². The second kappa shape index (κ2) is 8.36. The van der Waals surface area contributed by atoms with Gasteiger partial charge in [0, 0.05) is 36.2 Å². The predicted octanol–water partition coefficient (Wildman–Crippen LogP) is 3.23. The van der Waals surface area contributed by atoms with E-state index in [1.807, 2.05) is 13.0 Å². The van der Waals surface area contributed by atoms with E-state index in [4.69, 9.17) is 4.74 Å². The standard InChI is InChI=1S/C19H21N5O3S2/c1-14-13-17(22-19(20-14)24-8-10-27-11-9-24)21-15-4-6-16(7-5-15)23-29(25,26)18-3-2-12-28-18/h2-7,12-13,23H,8-11H2,1H3,(H,20,21,22). The molecule has 4 rings (SSSR count). The van der Waals surface area contributed by atoms with E-state index in [0.717, 1.165) is 24.5 Å². The minimum atomic E-state index is -3.55. The lowest BCUT2D eigenvalue weighted by atomic mass is 10.3. The van der Waals surface area contributed by atoms with Crippen molar-refractivity contribution in [3.05, 3.63) is 53.5 Å². The Morgan fingerprint density at radius 1 is 1.07 bits per heavy atom. The van der Waals surface area contributed by atoms with Gasteiger partial charge in [0.05, 0.1) is 13.2 Å². The first-order valence-electron chi connectivity index (χ1n) is 9.11. The molecule has 2 aromatic heterocycles. The van der Waals surface area contributed by atoms with Gasteiger partial charge in [-0.05, 0) is 42.6 Å². The Kier molecular flexibility index (Phi) is 5.65. The van der Waals surface area contributed by atoms with Crippen molar-refractivity contribution in [3.8, 4) is 0 Å². The number of thiophene rings is 1. The minimum Gasteiger partial charge on any atom is -0.378 e. The molecule has 1 fully saturated rings. The third-order valence-electron chi connectivity index (χ3n) is 4.31. The van der Waals surface area contributed by atoms with Gasteiger partial charge < -0.3 is 15.0 Å². The van der Waals surface area contributed by atoms with Crippen molar-refractivity contribution in [1.82, 2.24) is 9.97 Å². The number of hydrogen-bond acceptors (Lipinski definition) is 8. The molecule has 0 spiro atoms. The van der Waals surface area contributed by atoms with Crippen molar-refractivity contribution in [2.45, 2.75) is 11.1 Å². The van der Waals surface area contributed by atoms with Crippen LogP contribution in [-0.4, -0.2) is 44.7 Å². The quantitative estimate of drug-likeness (QED) is 0.618. The normalized spacial score (nSPS) is 14.6. The van der Waals surface area contributed by atoms with E-state index in [1.165, 1.54) is 11.3 Å². The first kappa shape index (κ1) is 19.6. The molecular formula is C19H21N5O3S2. The molecule has 0 amide bonds. The summed E-state index contributed by atoms with van der Waals surface area (Å²) in [6.07, 6.45) is 0. The van der Waals surface area contributed by atoms with Gasteiger partial charge in [-0.25, -0.2) is 13.4 Å². The van der Waals surface area contributed by atoms with E-state index >= 15 is 0 Å². The number of nitrogens with one attached hydrogen (secondary N) is 2. The predicted molar refractivity (Wildman–Crippen MR) is 115 cm³/mol. The molecule has 10 heteroatoms. The van der Waals surface area contributed by atoms with Crippen molar-refractivity contribution in [1.29, 1.82) is 0 Å². The Balaban J connectivity index is 1.47. The molecule has 2 N–H and O–H groups in total. The van der Waals surface area contributed by atoms with Gasteiger partial charge in [0.25, 0.3) is 10.0 Å². The van der Waals surface area contributed by atoms with Crippen LogP contribution in [0.25, 0.3) is 0 Å². The van der Waals surface area contributed by atoms with Gasteiger partial charge in [-0.2, -0.15) is 4.98 Å². The maximum absolute atomic E-state index is 12.3. The Morgan fingerprint density at radius 3 is 2.48 bits per heavy atom. The molecule has 152 valence electrons. The van der Waals surface area contributed by atoms with E-state index in [2.05, 4.69) is 24.9 Å². The Labute approximate surface area is 173 Å². The molecule has 0 atom stereocenters. The largest absolute Gasteiger partial charge is 0.378 e. The Morgan fingerprint density at radius 2 is 1.79 bits per heavy atom. The fourth-order valence-corrected chi connectivity index (χ4v) is 4.96. The van der Waals surface area contributed by atoms with Crippen LogP contribution in [0.5, 0.6) is 0 Å². The van der Waals surface area contributed by atoms with Crippen LogP contribution in [-0.2, 0) is 14.8 Å². The topological polar surface area (TPSA) is 96.5 Å². The molecule has 0 bridgehead atoms. The monoisotopic (exact) mass is 431 g/mol. The minimum absolute atomic E-state index is 0.284. The van der Waals surface area contributed by atoms with Crippen molar-refractivity contribution in [2.24, 2.45) is 0 Å². The van der Waals surface area contributed by atoms with Crippen LogP contribution in [0.15, 0.2) is 52.1 Å². The van der Waals surface area contributed by atoms with Gasteiger partial charge >= 0.3 is 0 Å². The zero-order valence-electron chi connectivity index (χ0n) is 15.8. The molecule has 3 aromatic rings. The molecule has 1 aliphatic rings. The third kappa shape index (κ3) is 4.84. The van der Waals surface area contributed by atoms with Crippen LogP contribution >= 0.6 is 11.3 Å². The van der Waals surface area contributed by atoms with Gasteiger partial charge in [-0.1, -0.05) is 6.07 Å². The summed E-state index contributed by atoms with van der Waals surface area (Å²) in [5.74, 6) is 1.36. The number of nitrogens with zero attached hydrogens (tertiary/aromatic N) is 3. The van der Waals surface area contributed by atoms with Crippen LogP contribution in [0, 0.1) is 6.92 Å². The van der Waals surface area contributed by atoms with Crippen LogP contribution in [0.4, 0.5) is 23.1 Å². The molecule has 8 nitrogen and oxygen atoms in total. The summed E-state index contributed by atoms with van der Waals surface area (Å²) in [5, 5.41) is 4.99.